The SMILES string of the molecule is O=C(O)c1cccc([N+](=O)[O-])c1C(=O)Nc1cc(Br)cc2cccnc12. The molecule has 26 heavy (non-hydrogen) atoms. The number of nitro groups is 1. The summed E-state index contributed by atoms with van der Waals surface area (Å²) in [6, 6.07) is 10.3. The number of carbonyl (C=O) groups is 2. The lowest BCUT2D eigenvalue weighted by atomic mass is 10.0. The summed E-state index contributed by atoms with van der Waals surface area (Å²) in [7, 11) is 0. The summed E-state index contributed by atoms with van der Waals surface area (Å²) in [5.74, 6) is -2.34. The van der Waals surface area contributed by atoms with Crippen molar-refractivity contribution < 1.29 is 19.6 Å². The van der Waals surface area contributed by atoms with Gasteiger partial charge in [0.2, 0.25) is 0 Å². The molecule has 130 valence electrons. The van der Waals surface area contributed by atoms with Crippen LogP contribution >= 0.6 is 15.9 Å². The number of hydrogen-bond donors (Lipinski definition) is 2. The third-order valence-corrected chi connectivity index (χ3v) is 4.07. The van der Waals surface area contributed by atoms with Crippen LogP contribution in [0.2, 0.25) is 0 Å². The quantitative estimate of drug-likeness (QED) is 0.492. The number of aromatic nitrogens is 1. The van der Waals surface area contributed by atoms with E-state index in [0.717, 1.165) is 17.5 Å². The zero-order chi connectivity index (χ0) is 18.8. The summed E-state index contributed by atoms with van der Waals surface area (Å²) >= 11 is 3.32. The van der Waals surface area contributed by atoms with Crippen LogP contribution < -0.4 is 5.32 Å². The molecular formula is C17H10BrN3O5. The van der Waals surface area contributed by atoms with Gasteiger partial charge in [0.25, 0.3) is 11.6 Å². The van der Waals surface area contributed by atoms with Crippen LogP contribution in [0.25, 0.3) is 10.9 Å². The molecule has 0 unspecified atom stereocenters. The van der Waals surface area contributed by atoms with Gasteiger partial charge in [-0.05, 0) is 24.3 Å². The van der Waals surface area contributed by atoms with Gasteiger partial charge in [0.15, 0.2) is 0 Å². The van der Waals surface area contributed by atoms with Crippen molar-refractivity contribution in [2.45, 2.75) is 0 Å². The Kier molecular flexibility index (Phi) is 4.63. The number of nitrogens with one attached hydrogen (secondary N) is 1. The van der Waals surface area contributed by atoms with Gasteiger partial charge >= 0.3 is 5.97 Å². The second-order valence-corrected chi connectivity index (χ2v) is 6.16. The topological polar surface area (TPSA) is 122 Å². The highest BCUT2D eigenvalue weighted by atomic mass is 79.9. The molecule has 0 saturated carbocycles. The van der Waals surface area contributed by atoms with Gasteiger partial charge in [-0.3, -0.25) is 19.9 Å². The minimum Gasteiger partial charge on any atom is -0.478 e. The lowest BCUT2D eigenvalue weighted by Crippen LogP contribution is -2.18. The average molecular weight is 416 g/mol. The zero-order valence-electron chi connectivity index (χ0n) is 13.0. The Morgan fingerprint density at radius 2 is 1.96 bits per heavy atom. The number of nitro benzene ring substituents is 1. The van der Waals surface area contributed by atoms with Crippen LogP contribution in [0.15, 0.2) is 53.1 Å². The van der Waals surface area contributed by atoms with Gasteiger partial charge < -0.3 is 10.4 Å². The summed E-state index contributed by atoms with van der Waals surface area (Å²) in [4.78, 5) is 38.7. The summed E-state index contributed by atoms with van der Waals surface area (Å²) < 4.78 is 0.661. The van der Waals surface area contributed by atoms with E-state index in [4.69, 9.17) is 0 Å². The van der Waals surface area contributed by atoms with E-state index in [-0.39, 0.29) is 0 Å². The van der Waals surface area contributed by atoms with Crippen LogP contribution in [0.4, 0.5) is 11.4 Å². The fourth-order valence-electron chi connectivity index (χ4n) is 2.54. The molecule has 2 aromatic carbocycles. The number of nitrogens with zero attached hydrogens (tertiary/aromatic N) is 2. The minimum absolute atomic E-state index is 0.300. The maximum Gasteiger partial charge on any atom is 0.336 e. The first-order valence-electron chi connectivity index (χ1n) is 7.25. The molecule has 0 fully saturated rings. The molecule has 3 rings (SSSR count). The van der Waals surface area contributed by atoms with Gasteiger partial charge in [0.05, 0.1) is 21.7 Å². The Morgan fingerprint density at radius 1 is 1.19 bits per heavy atom. The predicted molar refractivity (Wildman–Crippen MR) is 97.5 cm³/mol. The number of carboxylic acid groups (broad SMARTS) is 1. The van der Waals surface area contributed by atoms with Gasteiger partial charge in [-0.2, -0.15) is 0 Å². The molecule has 0 atom stereocenters. The Labute approximate surface area is 154 Å². The van der Waals surface area contributed by atoms with Crippen LogP contribution in [0.5, 0.6) is 0 Å². The maximum atomic E-state index is 12.7. The molecule has 0 saturated heterocycles. The van der Waals surface area contributed by atoms with E-state index < -0.39 is 33.6 Å². The van der Waals surface area contributed by atoms with E-state index in [1.165, 1.54) is 6.07 Å². The first-order chi connectivity index (χ1) is 12.4. The molecule has 9 heteroatoms. The third kappa shape index (κ3) is 3.24. The number of amides is 1. The smallest absolute Gasteiger partial charge is 0.336 e. The van der Waals surface area contributed by atoms with Crippen molar-refractivity contribution in [2.75, 3.05) is 5.32 Å². The first-order valence-corrected chi connectivity index (χ1v) is 8.04. The third-order valence-electron chi connectivity index (χ3n) is 3.61. The second-order valence-electron chi connectivity index (χ2n) is 5.24. The fourth-order valence-corrected chi connectivity index (χ4v) is 3.02. The number of halogens is 1. The number of hydrogen-bond acceptors (Lipinski definition) is 5. The van der Waals surface area contributed by atoms with E-state index in [0.29, 0.717) is 15.7 Å². The molecular weight excluding hydrogens is 406 g/mol. The minimum atomic E-state index is -1.43. The number of carboxylic acids is 1. The molecule has 2 N–H and O–H groups in total. The summed E-state index contributed by atoms with van der Waals surface area (Å²) in [6.45, 7) is 0. The Hall–Kier alpha value is -3.33. The molecule has 0 bridgehead atoms. The van der Waals surface area contributed by atoms with E-state index in [1.807, 2.05) is 0 Å². The van der Waals surface area contributed by atoms with E-state index in [9.17, 15) is 24.8 Å². The predicted octanol–water partition coefficient (Wildman–Crippen LogP) is 3.86. The molecule has 0 aliphatic rings. The lowest BCUT2D eigenvalue weighted by Gasteiger charge is -2.11. The van der Waals surface area contributed by atoms with Crippen LogP contribution in [0.1, 0.15) is 20.7 Å². The Balaban J connectivity index is 2.13. The second kappa shape index (κ2) is 6.89. The maximum absolute atomic E-state index is 12.7. The molecule has 1 amide bonds. The monoisotopic (exact) mass is 415 g/mol. The van der Waals surface area contributed by atoms with Crippen LogP contribution in [-0.4, -0.2) is 26.9 Å². The number of aromatic carboxylic acids is 1. The number of carbonyl (C=O) groups excluding carboxylic acids is 1. The van der Waals surface area contributed by atoms with E-state index >= 15 is 0 Å². The number of anilines is 1. The first kappa shape index (κ1) is 17.5. The van der Waals surface area contributed by atoms with Crippen molar-refractivity contribution >= 4 is 50.1 Å². The summed E-state index contributed by atoms with van der Waals surface area (Å²) in [5, 5.41) is 23.8. The van der Waals surface area contributed by atoms with Crippen LogP contribution in [0, 0.1) is 10.1 Å². The molecule has 0 radical (unpaired) electrons. The van der Waals surface area contributed by atoms with E-state index in [1.54, 1.807) is 30.5 Å². The van der Waals surface area contributed by atoms with Gasteiger partial charge in [0, 0.05) is 22.1 Å². The number of pyridine rings is 1. The molecule has 0 aliphatic heterocycles. The van der Waals surface area contributed by atoms with Crippen molar-refractivity contribution in [3.8, 4) is 0 Å². The van der Waals surface area contributed by atoms with Crippen molar-refractivity contribution in [1.29, 1.82) is 0 Å². The highest BCUT2D eigenvalue weighted by molar-refractivity contribution is 9.10. The normalized spacial score (nSPS) is 10.5. The van der Waals surface area contributed by atoms with Crippen molar-refractivity contribution in [2.24, 2.45) is 0 Å². The van der Waals surface area contributed by atoms with E-state index in [2.05, 4.69) is 26.2 Å². The molecule has 1 heterocycles. The van der Waals surface area contributed by atoms with Gasteiger partial charge in [-0.15, -0.1) is 0 Å². The molecule has 0 spiro atoms. The highest BCUT2D eigenvalue weighted by Crippen LogP contribution is 2.29. The number of rotatable bonds is 4. The average Bonchev–Trinajstić information content (AvgIpc) is 2.60. The van der Waals surface area contributed by atoms with Gasteiger partial charge in [0.1, 0.15) is 5.56 Å². The Bertz CT molecular complexity index is 1040. The molecule has 0 aliphatic carbocycles. The summed E-state index contributed by atoms with van der Waals surface area (Å²) in [5.41, 5.74) is -0.790. The van der Waals surface area contributed by atoms with Gasteiger partial charge in [-0.1, -0.05) is 28.1 Å². The molecule has 1 aromatic heterocycles. The molecule has 3 aromatic rings. The number of benzene rings is 2. The Morgan fingerprint density at radius 3 is 2.65 bits per heavy atom. The largest absolute Gasteiger partial charge is 0.478 e. The fraction of sp³-hybridized carbons (Fsp3) is 0. The van der Waals surface area contributed by atoms with Crippen LogP contribution in [-0.2, 0) is 0 Å². The van der Waals surface area contributed by atoms with Crippen molar-refractivity contribution in [3.63, 3.8) is 0 Å². The number of fused-ring (bicyclic) bond motifs is 1. The summed E-state index contributed by atoms with van der Waals surface area (Å²) in [6.07, 6.45) is 1.54. The lowest BCUT2D eigenvalue weighted by molar-refractivity contribution is -0.385. The standard InChI is InChI=1S/C17H10BrN3O5/c18-10-7-9-3-2-6-19-15(9)12(8-10)20-16(22)14-11(17(23)24)4-1-5-13(14)21(25)26/h1-8H,(H,20,22)(H,23,24). The van der Waals surface area contributed by atoms with Crippen molar-refractivity contribution in [3.05, 3.63) is 74.4 Å². The highest BCUT2D eigenvalue weighted by Gasteiger charge is 2.27. The van der Waals surface area contributed by atoms with Gasteiger partial charge in [-0.25, -0.2) is 4.79 Å². The molecule has 8 nitrogen and oxygen atoms in total. The zero-order valence-corrected chi connectivity index (χ0v) is 14.6. The van der Waals surface area contributed by atoms with Crippen LogP contribution in [0.3, 0.4) is 0 Å². The van der Waals surface area contributed by atoms with Crippen molar-refractivity contribution in [1.82, 2.24) is 4.98 Å².